The summed E-state index contributed by atoms with van der Waals surface area (Å²) >= 11 is 15.3. The molecule has 0 saturated carbocycles. The summed E-state index contributed by atoms with van der Waals surface area (Å²) in [6.07, 6.45) is 1.69. The molecule has 6 nitrogen and oxygen atoms in total. The predicted octanol–water partition coefficient (Wildman–Crippen LogP) is 8.00. The van der Waals surface area contributed by atoms with Gasteiger partial charge in [0.25, 0.3) is 11.1 Å². The largest absolute Gasteiger partial charge is 0.492 e. The number of imide groups is 1. The van der Waals surface area contributed by atoms with E-state index in [0.717, 1.165) is 32.0 Å². The number of benzene rings is 3. The van der Waals surface area contributed by atoms with E-state index >= 15 is 0 Å². The highest BCUT2D eigenvalue weighted by Gasteiger charge is 2.35. The SMILES string of the molecule is CCOc1cc(/C=C2\SC(=O)N(CCOc3cccc(C)c3)C2=O)cc(I)c1OCc1ccc(Cl)cc1Cl. The molecule has 1 fully saturated rings. The Bertz CT molecular complexity index is 1400. The van der Waals surface area contributed by atoms with Crippen molar-refractivity contribution in [2.45, 2.75) is 20.5 Å². The van der Waals surface area contributed by atoms with Gasteiger partial charge in [-0.05, 0) is 102 Å². The maximum atomic E-state index is 13.0. The summed E-state index contributed by atoms with van der Waals surface area (Å²) in [6.45, 7) is 4.89. The Morgan fingerprint density at radius 3 is 2.58 bits per heavy atom. The molecule has 0 radical (unpaired) electrons. The molecule has 1 aliphatic rings. The summed E-state index contributed by atoms with van der Waals surface area (Å²) in [5.41, 5.74) is 2.58. The van der Waals surface area contributed by atoms with Crippen LogP contribution in [0.25, 0.3) is 6.08 Å². The molecule has 0 aliphatic carbocycles. The summed E-state index contributed by atoms with van der Waals surface area (Å²) in [6, 6.07) is 16.5. The maximum Gasteiger partial charge on any atom is 0.293 e. The van der Waals surface area contributed by atoms with Gasteiger partial charge in [0.2, 0.25) is 0 Å². The van der Waals surface area contributed by atoms with Gasteiger partial charge in [-0.1, -0.05) is 41.4 Å². The van der Waals surface area contributed by atoms with E-state index in [1.165, 1.54) is 4.90 Å². The fourth-order valence-electron chi connectivity index (χ4n) is 3.67. The molecule has 0 aromatic heterocycles. The van der Waals surface area contributed by atoms with Gasteiger partial charge in [-0.3, -0.25) is 14.5 Å². The Labute approximate surface area is 249 Å². The van der Waals surface area contributed by atoms with Crippen LogP contribution in [-0.2, 0) is 11.4 Å². The third-order valence-electron chi connectivity index (χ3n) is 5.46. The highest BCUT2D eigenvalue weighted by Crippen LogP contribution is 2.38. The molecule has 10 heteroatoms. The molecular formula is C28H24Cl2INO5S. The number of carbonyl (C=O) groups is 2. The molecule has 0 atom stereocenters. The normalized spacial score (nSPS) is 14.3. The molecule has 0 bridgehead atoms. The van der Waals surface area contributed by atoms with Gasteiger partial charge in [0.15, 0.2) is 11.5 Å². The third-order valence-corrected chi connectivity index (χ3v) is 7.76. The van der Waals surface area contributed by atoms with Crippen LogP contribution in [0.5, 0.6) is 17.2 Å². The summed E-state index contributed by atoms with van der Waals surface area (Å²) in [4.78, 5) is 27.1. The number of carbonyl (C=O) groups excluding carboxylic acids is 2. The smallest absolute Gasteiger partial charge is 0.293 e. The van der Waals surface area contributed by atoms with Gasteiger partial charge < -0.3 is 14.2 Å². The van der Waals surface area contributed by atoms with Crippen LogP contribution in [-0.4, -0.2) is 35.8 Å². The average Bonchev–Trinajstić information content (AvgIpc) is 3.12. The maximum absolute atomic E-state index is 13.0. The molecule has 1 saturated heterocycles. The van der Waals surface area contributed by atoms with Crippen LogP contribution in [0.1, 0.15) is 23.6 Å². The van der Waals surface area contributed by atoms with Crippen molar-refractivity contribution in [3.8, 4) is 17.2 Å². The predicted molar refractivity (Wildman–Crippen MR) is 160 cm³/mol. The van der Waals surface area contributed by atoms with E-state index in [1.807, 2.05) is 50.2 Å². The molecule has 3 aromatic rings. The van der Waals surface area contributed by atoms with Crippen molar-refractivity contribution in [1.29, 1.82) is 0 Å². The van der Waals surface area contributed by atoms with Crippen molar-refractivity contribution in [3.05, 3.63) is 89.8 Å². The van der Waals surface area contributed by atoms with E-state index in [9.17, 15) is 9.59 Å². The van der Waals surface area contributed by atoms with Gasteiger partial charge in [-0.15, -0.1) is 0 Å². The zero-order valence-electron chi connectivity index (χ0n) is 20.6. The Hall–Kier alpha value is -2.40. The first-order chi connectivity index (χ1) is 18.2. The van der Waals surface area contributed by atoms with Gasteiger partial charge in [0, 0.05) is 15.6 Å². The van der Waals surface area contributed by atoms with E-state index in [2.05, 4.69) is 22.6 Å². The van der Waals surface area contributed by atoms with Crippen LogP contribution in [0.15, 0.2) is 59.5 Å². The van der Waals surface area contributed by atoms with Crippen molar-refractivity contribution < 1.29 is 23.8 Å². The number of nitrogens with zero attached hydrogens (tertiary/aromatic N) is 1. The van der Waals surface area contributed by atoms with Crippen molar-refractivity contribution >= 4 is 74.8 Å². The van der Waals surface area contributed by atoms with Crippen LogP contribution in [0, 0.1) is 10.5 Å². The first-order valence-electron chi connectivity index (χ1n) is 11.7. The minimum atomic E-state index is -0.349. The van der Waals surface area contributed by atoms with E-state index in [-0.39, 0.29) is 30.9 Å². The monoisotopic (exact) mass is 683 g/mol. The number of thioether (sulfide) groups is 1. The quantitative estimate of drug-likeness (QED) is 0.159. The van der Waals surface area contributed by atoms with Crippen LogP contribution in [0.3, 0.4) is 0 Å². The Morgan fingerprint density at radius 2 is 1.84 bits per heavy atom. The van der Waals surface area contributed by atoms with Gasteiger partial charge in [-0.25, -0.2) is 0 Å². The summed E-state index contributed by atoms with van der Waals surface area (Å²) in [5.74, 6) is 1.45. The minimum Gasteiger partial charge on any atom is -0.492 e. The van der Waals surface area contributed by atoms with E-state index < -0.39 is 0 Å². The lowest BCUT2D eigenvalue weighted by molar-refractivity contribution is -0.123. The fraction of sp³-hybridized carbons (Fsp3) is 0.214. The Morgan fingerprint density at radius 1 is 1.03 bits per heavy atom. The van der Waals surface area contributed by atoms with Gasteiger partial charge in [0.05, 0.1) is 21.6 Å². The lowest BCUT2D eigenvalue weighted by Gasteiger charge is -2.15. The van der Waals surface area contributed by atoms with Crippen LogP contribution in [0.4, 0.5) is 4.79 Å². The molecule has 2 amide bonds. The van der Waals surface area contributed by atoms with Gasteiger partial charge in [0.1, 0.15) is 19.0 Å². The second-order valence-electron chi connectivity index (χ2n) is 8.29. The third kappa shape index (κ3) is 7.16. The molecule has 4 rings (SSSR count). The van der Waals surface area contributed by atoms with Gasteiger partial charge >= 0.3 is 0 Å². The molecule has 3 aromatic carbocycles. The number of amides is 2. The van der Waals surface area contributed by atoms with Crippen molar-refractivity contribution in [1.82, 2.24) is 4.90 Å². The summed E-state index contributed by atoms with van der Waals surface area (Å²) < 4.78 is 18.4. The number of aryl methyl sites for hydroxylation is 1. The second-order valence-corrected chi connectivity index (χ2v) is 11.3. The number of hydrogen-bond donors (Lipinski definition) is 0. The Kier molecular flexibility index (Phi) is 9.86. The minimum absolute atomic E-state index is 0.164. The lowest BCUT2D eigenvalue weighted by Crippen LogP contribution is -2.32. The van der Waals surface area contributed by atoms with Crippen LogP contribution < -0.4 is 14.2 Å². The molecule has 0 N–H and O–H groups in total. The first-order valence-corrected chi connectivity index (χ1v) is 14.4. The van der Waals surface area contributed by atoms with Crippen LogP contribution >= 0.6 is 57.6 Å². The molecule has 1 heterocycles. The van der Waals surface area contributed by atoms with Gasteiger partial charge in [-0.2, -0.15) is 0 Å². The zero-order valence-corrected chi connectivity index (χ0v) is 25.1. The summed E-state index contributed by atoms with van der Waals surface area (Å²) in [5, 5.41) is 0.742. The molecular weight excluding hydrogens is 660 g/mol. The van der Waals surface area contributed by atoms with E-state index in [4.69, 9.17) is 37.4 Å². The number of rotatable bonds is 10. The number of hydrogen-bond acceptors (Lipinski definition) is 6. The zero-order chi connectivity index (χ0) is 27.2. The molecule has 198 valence electrons. The highest BCUT2D eigenvalue weighted by molar-refractivity contribution is 14.1. The molecule has 38 heavy (non-hydrogen) atoms. The van der Waals surface area contributed by atoms with Crippen molar-refractivity contribution in [2.75, 3.05) is 19.8 Å². The topological polar surface area (TPSA) is 65.1 Å². The molecule has 0 unspecified atom stereocenters. The highest BCUT2D eigenvalue weighted by atomic mass is 127. The van der Waals surface area contributed by atoms with Crippen molar-refractivity contribution in [3.63, 3.8) is 0 Å². The molecule has 1 aliphatic heterocycles. The van der Waals surface area contributed by atoms with Crippen molar-refractivity contribution in [2.24, 2.45) is 0 Å². The summed E-state index contributed by atoms with van der Waals surface area (Å²) in [7, 11) is 0. The fourth-order valence-corrected chi connectivity index (χ4v) is 5.78. The number of halogens is 3. The first kappa shape index (κ1) is 28.6. The van der Waals surface area contributed by atoms with Crippen LogP contribution in [0.2, 0.25) is 10.0 Å². The second kappa shape index (κ2) is 13.1. The average molecular weight is 684 g/mol. The Balaban J connectivity index is 1.47. The van der Waals surface area contributed by atoms with E-state index in [0.29, 0.717) is 38.8 Å². The molecule has 0 spiro atoms. The van der Waals surface area contributed by atoms with E-state index in [1.54, 1.807) is 24.3 Å². The number of ether oxygens (including phenoxy) is 3. The standard InChI is InChI=1S/C28H24Cl2INO5S/c1-3-35-24-13-18(12-23(31)26(24)37-16-19-7-8-20(29)15-22(19)30)14-25-27(33)32(28(34)38-25)9-10-36-21-6-4-5-17(2)11-21/h4-8,11-15H,3,9-10,16H2,1-2H3/b25-14-. The lowest BCUT2D eigenvalue weighted by atomic mass is 10.1.